The molecule has 1 aliphatic heterocycles. The molecule has 6 nitrogen and oxygen atoms in total. The predicted molar refractivity (Wildman–Crippen MR) is 120 cm³/mol. The van der Waals surface area contributed by atoms with Gasteiger partial charge in [-0.3, -0.25) is 9.59 Å². The second-order valence-corrected chi connectivity index (χ2v) is 9.27. The van der Waals surface area contributed by atoms with Crippen LogP contribution in [0.15, 0.2) is 34.9 Å². The number of benzene rings is 1. The average molecular weight is 424 g/mol. The van der Waals surface area contributed by atoms with Gasteiger partial charge in [0.1, 0.15) is 0 Å². The molecule has 0 spiro atoms. The Balaban J connectivity index is 1.41. The van der Waals surface area contributed by atoms with Crippen molar-refractivity contribution < 1.29 is 14.1 Å². The van der Waals surface area contributed by atoms with Crippen LogP contribution in [-0.4, -0.2) is 35.0 Å². The fourth-order valence-corrected chi connectivity index (χ4v) is 4.91. The molecule has 1 aromatic carbocycles. The highest BCUT2D eigenvalue weighted by Crippen LogP contribution is 2.31. The van der Waals surface area contributed by atoms with Crippen LogP contribution in [0.1, 0.15) is 92.4 Å². The Labute approximate surface area is 184 Å². The normalized spacial score (nSPS) is 20.1. The van der Waals surface area contributed by atoms with Gasteiger partial charge in [-0.1, -0.05) is 56.5 Å². The maximum atomic E-state index is 13.0. The van der Waals surface area contributed by atoms with Crippen LogP contribution in [0.3, 0.4) is 0 Å². The molecule has 2 fully saturated rings. The lowest BCUT2D eigenvalue weighted by Gasteiger charge is -2.35. The fourth-order valence-electron chi connectivity index (χ4n) is 4.91. The minimum Gasteiger partial charge on any atom is -0.351 e. The zero-order chi connectivity index (χ0) is 21.8. The zero-order valence-electron chi connectivity index (χ0n) is 18.6. The van der Waals surface area contributed by atoms with E-state index in [0.29, 0.717) is 18.4 Å². The molecule has 0 radical (unpaired) electrons. The van der Waals surface area contributed by atoms with E-state index in [0.717, 1.165) is 62.0 Å². The molecule has 2 heterocycles. The maximum absolute atomic E-state index is 13.0. The smallest absolute Gasteiger partial charge is 0.294 e. The topological polar surface area (TPSA) is 75.4 Å². The van der Waals surface area contributed by atoms with Gasteiger partial charge in [0.25, 0.3) is 5.91 Å². The van der Waals surface area contributed by atoms with Crippen molar-refractivity contribution in [2.45, 2.75) is 70.6 Å². The van der Waals surface area contributed by atoms with Gasteiger partial charge >= 0.3 is 0 Å². The second-order valence-electron chi connectivity index (χ2n) is 9.27. The first-order valence-electron chi connectivity index (χ1n) is 11.7. The number of rotatable bonds is 5. The van der Waals surface area contributed by atoms with Crippen molar-refractivity contribution >= 4 is 17.5 Å². The highest BCUT2D eigenvalue weighted by atomic mass is 16.5. The Morgan fingerprint density at radius 1 is 1.10 bits per heavy atom. The van der Waals surface area contributed by atoms with Crippen molar-refractivity contribution in [1.82, 2.24) is 10.1 Å². The van der Waals surface area contributed by atoms with E-state index in [2.05, 4.69) is 24.3 Å². The largest absolute Gasteiger partial charge is 0.351 e. The third kappa shape index (κ3) is 5.00. The van der Waals surface area contributed by atoms with Crippen molar-refractivity contribution in [3.8, 4) is 0 Å². The van der Waals surface area contributed by atoms with Crippen molar-refractivity contribution in [1.29, 1.82) is 0 Å². The summed E-state index contributed by atoms with van der Waals surface area (Å²) in [6.07, 6.45) is 7.53. The van der Waals surface area contributed by atoms with Crippen molar-refractivity contribution in [2.75, 3.05) is 18.4 Å². The van der Waals surface area contributed by atoms with Crippen molar-refractivity contribution in [3.05, 3.63) is 47.3 Å². The Bertz CT molecular complexity index is 914. The summed E-state index contributed by atoms with van der Waals surface area (Å²) >= 11 is 0. The van der Waals surface area contributed by atoms with Gasteiger partial charge in [0.2, 0.25) is 11.7 Å². The molecule has 2 amide bonds. The van der Waals surface area contributed by atoms with Gasteiger partial charge in [0.15, 0.2) is 0 Å². The molecule has 1 saturated carbocycles. The van der Waals surface area contributed by atoms with E-state index in [1.807, 2.05) is 29.2 Å². The molecule has 4 rings (SSSR count). The lowest BCUT2D eigenvalue weighted by atomic mass is 9.87. The lowest BCUT2D eigenvalue weighted by Crippen LogP contribution is -2.42. The van der Waals surface area contributed by atoms with E-state index >= 15 is 0 Å². The number of aromatic nitrogens is 1. The molecular formula is C25H33N3O3. The number of likely N-dealkylation sites (tertiary alicyclic amines) is 1. The molecule has 2 aliphatic rings. The molecule has 1 atom stereocenters. The van der Waals surface area contributed by atoms with Crippen LogP contribution >= 0.6 is 0 Å². The molecule has 1 aromatic heterocycles. The maximum Gasteiger partial charge on any atom is 0.294 e. The van der Waals surface area contributed by atoms with Crippen LogP contribution in [0.25, 0.3) is 0 Å². The van der Waals surface area contributed by atoms with Gasteiger partial charge < -0.3 is 14.7 Å². The summed E-state index contributed by atoms with van der Waals surface area (Å²) in [6.45, 7) is 5.68. The highest BCUT2D eigenvalue weighted by Gasteiger charge is 2.31. The first-order valence-corrected chi connectivity index (χ1v) is 11.7. The Morgan fingerprint density at radius 2 is 1.87 bits per heavy atom. The van der Waals surface area contributed by atoms with Gasteiger partial charge in [0.05, 0.1) is 5.69 Å². The molecule has 166 valence electrons. The molecule has 1 aliphatic carbocycles. The third-order valence-corrected chi connectivity index (χ3v) is 6.69. The van der Waals surface area contributed by atoms with Crippen molar-refractivity contribution in [2.24, 2.45) is 5.92 Å². The Hall–Kier alpha value is -2.63. The number of carbonyl (C=O) groups is 2. The number of nitrogens with one attached hydrogen (secondary N) is 1. The summed E-state index contributed by atoms with van der Waals surface area (Å²) in [5.41, 5.74) is 2.64. The zero-order valence-corrected chi connectivity index (χ0v) is 18.6. The molecule has 31 heavy (non-hydrogen) atoms. The molecule has 1 N–H and O–H groups in total. The Morgan fingerprint density at radius 3 is 2.65 bits per heavy atom. The number of anilines is 1. The number of amides is 2. The van der Waals surface area contributed by atoms with E-state index in [-0.39, 0.29) is 23.5 Å². The number of hydrogen-bond donors (Lipinski definition) is 1. The summed E-state index contributed by atoms with van der Waals surface area (Å²) in [5, 5.41) is 7.15. The average Bonchev–Trinajstić information content (AvgIpc) is 3.30. The molecule has 0 bridgehead atoms. The predicted octanol–water partition coefficient (Wildman–Crippen LogP) is 5.34. The molecule has 6 heteroatoms. The lowest BCUT2D eigenvalue weighted by molar-refractivity contribution is -0.137. The number of nitrogens with zero attached hydrogens (tertiary/aromatic N) is 2. The standard InChI is InChI=1S/C25H33N3O3/c1-17(2)20-12-6-7-13-21(20)26-24(29)23-15-22(27-31-23)19-11-8-14-28(16-19)25(30)18-9-4-3-5-10-18/h6-7,12-13,15,17-19H,3-5,8-11,14,16H2,1-2H3,(H,26,29)/t19-/m1/s1. The van der Waals surface area contributed by atoms with E-state index in [9.17, 15) is 9.59 Å². The highest BCUT2D eigenvalue weighted by molar-refractivity contribution is 6.02. The summed E-state index contributed by atoms with van der Waals surface area (Å²) in [4.78, 5) is 27.7. The van der Waals surface area contributed by atoms with Gasteiger partial charge in [-0.2, -0.15) is 0 Å². The summed E-state index contributed by atoms with van der Waals surface area (Å²) in [6, 6.07) is 9.55. The summed E-state index contributed by atoms with van der Waals surface area (Å²) in [7, 11) is 0. The van der Waals surface area contributed by atoms with E-state index in [1.165, 1.54) is 6.42 Å². The first-order chi connectivity index (χ1) is 15.0. The van der Waals surface area contributed by atoms with Gasteiger partial charge in [-0.15, -0.1) is 0 Å². The van der Waals surface area contributed by atoms with Crippen LogP contribution in [0, 0.1) is 5.92 Å². The van der Waals surface area contributed by atoms with Crippen LogP contribution in [-0.2, 0) is 4.79 Å². The SMILES string of the molecule is CC(C)c1ccccc1NC(=O)c1cc([C@@H]2CCCN(C(=O)C3CCCCC3)C2)no1. The fraction of sp³-hybridized carbons (Fsp3) is 0.560. The first kappa shape index (κ1) is 21.6. The van der Waals surface area contributed by atoms with Gasteiger partial charge in [-0.25, -0.2) is 0 Å². The third-order valence-electron chi connectivity index (χ3n) is 6.69. The number of carbonyl (C=O) groups excluding carboxylic acids is 2. The van der Waals surface area contributed by atoms with E-state index in [4.69, 9.17) is 4.52 Å². The Kier molecular flexibility index (Phi) is 6.73. The minimum atomic E-state index is -0.294. The summed E-state index contributed by atoms with van der Waals surface area (Å²) in [5.74, 6) is 0.830. The van der Waals surface area contributed by atoms with Crippen LogP contribution in [0.2, 0.25) is 0 Å². The quantitative estimate of drug-likeness (QED) is 0.705. The molecule has 0 unspecified atom stereocenters. The van der Waals surface area contributed by atoms with Crippen LogP contribution < -0.4 is 5.32 Å². The number of hydrogen-bond acceptors (Lipinski definition) is 4. The van der Waals surface area contributed by atoms with Crippen molar-refractivity contribution in [3.63, 3.8) is 0 Å². The van der Waals surface area contributed by atoms with Crippen LogP contribution in [0.5, 0.6) is 0 Å². The van der Waals surface area contributed by atoms with Crippen LogP contribution in [0.4, 0.5) is 5.69 Å². The second kappa shape index (κ2) is 9.67. The van der Waals surface area contributed by atoms with E-state index < -0.39 is 0 Å². The molecule has 2 aromatic rings. The summed E-state index contributed by atoms with van der Waals surface area (Å²) < 4.78 is 5.40. The molecule has 1 saturated heterocycles. The van der Waals surface area contributed by atoms with E-state index in [1.54, 1.807) is 6.07 Å². The monoisotopic (exact) mass is 423 g/mol. The minimum absolute atomic E-state index is 0.120. The number of piperidine rings is 1. The number of para-hydroxylation sites is 1. The van der Waals surface area contributed by atoms with Gasteiger partial charge in [0, 0.05) is 36.7 Å². The molecular weight excluding hydrogens is 390 g/mol. The van der Waals surface area contributed by atoms with Gasteiger partial charge in [-0.05, 0) is 43.2 Å².